The van der Waals surface area contributed by atoms with Crippen molar-refractivity contribution < 1.29 is 5.11 Å². The Hall–Kier alpha value is -0.340. The molecule has 0 spiro atoms. The zero-order valence-corrected chi connectivity index (χ0v) is 9.08. The molecule has 1 N–H and O–H groups in total. The Kier molecular flexibility index (Phi) is 3.24. The highest BCUT2D eigenvalue weighted by Gasteiger charge is 2.29. The van der Waals surface area contributed by atoms with Gasteiger partial charge in [0.1, 0.15) is 0 Å². The van der Waals surface area contributed by atoms with E-state index in [1.165, 1.54) is 19.3 Å². The van der Waals surface area contributed by atoms with Crippen LogP contribution in [0.1, 0.15) is 32.6 Å². The van der Waals surface area contributed by atoms with Gasteiger partial charge in [-0.05, 0) is 31.6 Å². The molecule has 0 bridgehead atoms. The maximum absolute atomic E-state index is 9.77. The van der Waals surface area contributed by atoms with Crippen LogP contribution in [0.15, 0.2) is 11.6 Å². The van der Waals surface area contributed by atoms with Crippen LogP contribution in [0.4, 0.5) is 0 Å². The number of hydrogen-bond acceptors (Lipinski definition) is 2. The fourth-order valence-corrected chi connectivity index (χ4v) is 2.64. The molecule has 80 valence electrons. The number of rotatable bonds is 3. The molecule has 1 aliphatic heterocycles. The molecule has 2 atom stereocenters. The number of aliphatic hydroxyl groups excluding tert-OH is 1. The molecule has 2 heteroatoms. The van der Waals surface area contributed by atoms with Crippen LogP contribution in [0.5, 0.6) is 0 Å². The topological polar surface area (TPSA) is 23.5 Å². The van der Waals surface area contributed by atoms with Crippen molar-refractivity contribution in [1.29, 1.82) is 0 Å². The smallest absolute Gasteiger partial charge is 0.0707 e. The second-order valence-electron chi connectivity index (χ2n) is 4.68. The quantitative estimate of drug-likeness (QED) is 0.694. The summed E-state index contributed by atoms with van der Waals surface area (Å²) in [6.45, 7) is 5.25. The van der Waals surface area contributed by atoms with Gasteiger partial charge >= 0.3 is 0 Å². The number of allylic oxidation sites excluding steroid dienone is 1. The maximum Gasteiger partial charge on any atom is 0.0707 e. The van der Waals surface area contributed by atoms with Gasteiger partial charge in [0.05, 0.1) is 6.10 Å². The third kappa shape index (κ3) is 2.18. The van der Waals surface area contributed by atoms with Crippen molar-refractivity contribution in [2.24, 2.45) is 5.92 Å². The lowest BCUT2D eigenvalue weighted by Crippen LogP contribution is -2.24. The van der Waals surface area contributed by atoms with Gasteiger partial charge in [-0.25, -0.2) is 0 Å². The molecule has 1 heterocycles. The number of likely N-dealkylation sites (tertiary alicyclic amines) is 1. The van der Waals surface area contributed by atoms with Gasteiger partial charge in [0.15, 0.2) is 0 Å². The lowest BCUT2D eigenvalue weighted by atomic mass is 10.0. The average molecular weight is 195 g/mol. The highest BCUT2D eigenvalue weighted by Crippen LogP contribution is 2.24. The number of hydrogen-bond donors (Lipinski definition) is 1. The van der Waals surface area contributed by atoms with E-state index < -0.39 is 0 Å². The Morgan fingerprint density at radius 3 is 2.93 bits per heavy atom. The van der Waals surface area contributed by atoms with Crippen LogP contribution >= 0.6 is 0 Å². The lowest BCUT2D eigenvalue weighted by molar-refractivity contribution is 0.140. The number of nitrogens with zero attached hydrogens (tertiary/aromatic N) is 1. The zero-order valence-electron chi connectivity index (χ0n) is 9.08. The van der Waals surface area contributed by atoms with Gasteiger partial charge in [-0.2, -0.15) is 0 Å². The molecule has 0 saturated carbocycles. The Labute approximate surface area is 86.6 Å². The maximum atomic E-state index is 9.77. The molecule has 0 aromatic rings. The van der Waals surface area contributed by atoms with Gasteiger partial charge < -0.3 is 5.11 Å². The van der Waals surface area contributed by atoms with E-state index in [4.69, 9.17) is 0 Å². The highest BCUT2D eigenvalue weighted by molar-refractivity contribution is 5.10. The van der Waals surface area contributed by atoms with Crippen molar-refractivity contribution in [2.75, 3.05) is 19.6 Å². The summed E-state index contributed by atoms with van der Waals surface area (Å²) in [5.41, 5.74) is 1.59. The van der Waals surface area contributed by atoms with Gasteiger partial charge in [-0.1, -0.05) is 18.6 Å². The molecular weight excluding hydrogens is 174 g/mol. The molecule has 0 radical (unpaired) electrons. The largest absolute Gasteiger partial charge is 0.391 e. The Morgan fingerprint density at radius 1 is 1.50 bits per heavy atom. The monoisotopic (exact) mass is 195 g/mol. The molecule has 1 aliphatic carbocycles. The fourth-order valence-electron chi connectivity index (χ4n) is 2.64. The van der Waals surface area contributed by atoms with Crippen molar-refractivity contribution in [3.63, 3.8) is 0 Å². The third-order valence-electron chi connectivity index (χ3n) is 3.57. The summed E-state index contributed by atoms with van der Waals surface area (Å²) in [4.78, 5) is 2.41. The minimum absolute atomic E-state index is 0.0815. The summed E-state index contributed by atoms with van der Waals surface area (Å²) >= 11 is 0. The second kappa shape index (κ2) is 4.45. The first-order valence-electron chi connectivity index (χ1n) is 5.88. The van der Waals surface area contributed by atoms with Crippen molar-refractivity contribution in [3.8, 4) is 0 Å². The van der Waals surface area contributed by atoms with E-state index in [2.05, 4.69) is 17.9 Å². The van der Waals surface area contributed by atoms with Crippen LogP contribution in [0.2, 0.25) is 0 Å². The standard InChI is InChI=1S/C12H21NO/c1-2-11-8-13(9-12(11)14)7-10-5-3-4-6-10/h5,11-12,14H,2-4,6-9H2,1H3. The minimum atomic E-state index is -0.0815. The first-order chi connectivity index (χ1) is 6.79. The molecule has 2 aliphatic rings. The molecule has 1 fully saturated rings. The summed E-state index contributed by atoms with van der Waals surface area (Å²) in [7, 11) is 0. The van der Waals surface area contributed by atoms with Gasteiger partial charge in [-0.3, -0.25) is 4.90 Å². The van der Waals surface area contributed by atoms with E-state index in [0.29, 0.717) is 5.92 Å². The molecular formula is C12H21NO. The molecule has 2 nitrogen and oxygen atoms in total. The summed E-state index contributed by atoms with van der Waals surface area (Å²) in [5.74, 6) is 0.511. The zero-order chi connectivity index (χ0) is 9.97. The molecule has 0 aromatic heterocycles. The van der Waals surface area contributed by atoms with Gasteiger partial charge in [0, 0.05) is 19.6 Å². The van der Waals surface area contributed by atoms with E-state index in [9.17, 15) is 5.11 Å². The summed E-state index contributed by atoms with van der Waals surface area (Å²) in [5, 5.41) is 9.77. The van der Waals surface area contributed by atoms with Crippen molar-refractivity contribution in [3.05, 3.63) is 11.6 Å². The van der Waals surface area contributed by atoms with E-state index in [1.54, 1.807) is 5.57 Å². The van der Waals surface area contributed by atoms with Gasteiger partial charge in [0.25, 0.3) is 0 Å². The van der Waals surface area contributed by atoms with E-state index >= 15 is 0 Å². The van der Waals surface area contributed by atoms with E-state index in [0.717, 1.165) is 26.1 Å². The van der Waals surface area contributed by atoms with Crippen LogP contribution in [0.3, 0.4) is 0 Å². The van der Waals surface area contributed by atoms with Crippen molar-refractivity contribution in [1.82, 2.24) is 4.90 Å². The third-order valence-corrected chi connectivity index (χ3v) is 3.57. The summed E-state index contributed by atoms with van der Waals surface area (Å²) in [6, 6.07) is 0. The van der Waals surface area contributed by atoms with Crippen LogP contribution in [-0.4, -0.2) is 35.7 Å². The predicted octanol–water partition coefficient (Wildman–Crippen LogP) is 1.80. The molecule has 1 saturated heterocycles. The minimum Gasteiger partial charge on any atom is -0.391 e. The van der Waals surface area contributed by atoms with E-state index in [-0.39, 0.29) is 6.10 Å². The van der Waals surface area contributed by atoms with Gasteiger partial charge in [-0.15, -0.1) is 0 Å². The van der Waals surface area contributed by atoms with Gasteiger partial charge in [0.2, 0.25) is 0 Å². The van der Waals surface area contributed by atoms with E-state index in [1.807, 2.05) is 0 Å². The molecule has 0 amide bonds. The predicted molar refractivity (Wildman–Crippen MR) is 58.2 cm³/mol. The first-order valence-corrected chi connectivity index (χ1v) is 5.88. The molecule has 2 rings (SSSR count). The normalized spacial score (nSPS) is 33.7. The second-order valence-corrected chi connectivity index (χ2v) is 4.68. The summed E-state index contributed by atoms with van der Waals surface area (Å²) < 4.78 is 0. The van der Waals surface area contributed by atoms with Crippen molar-refractivity contribution in [2.45, 2.75) is 38.7 Å². The lowest BCUT2D eigenvalue weighted by Gasteiger charge is -2.15. The Morgan fingerprint density at radius 2 is 2.36 bits per heavy atom. The average Bonchev–Trinajstić information content (AvgIpc) is 2.76. The Bertz CT molecular complexity index is 224. The molecule has 0 aromatic carbocycles. The fraction of sp³-hybridized carbons (Fsp3) is 0.833. The highest BCUT2D eigenvalue weighted by atomic mass is 16.3. The molecule has 14 heavy (non-hydrogen) atoms. The SMILES string of the molecule is CCC1CN(CC2=CCCC2)CC1O. The van der Waals surface area contributed by atoms with Crippen LogP contribution in [0.25, 0.3) is 0 Å². The first kappa shape index (κ1) is 10.2. The molecule has 2 unspecified atom stereocenters. The Balaban J connectivity index is 1.83. The van der Waals surface area contributed by atoms with Crippen LogP contribution < -0.4 is 0 Å². The number of aliphatic hydroxyl groups is 1. The van der Waals surface area contributed by atoms with Crippen LogP contribution in [0, 0.1) is 5.92 Å². The van der Waals surface area contributed by atoms with Crippen molar-refractivity contribution >= 4 is 0 Å². The van der Waals surface area contributed by atoms with Crippen LogP contribution in [-0.2, 0) is 0 Å². The summed E-state index contributed by atoms with van der Waals surface area (Å²) in [6.07, 6.45) is 7.29. The number of β-amino-alcohol motifs (C(OH)–C–C–N with tert-alkyl or cyclic N) is 1.